The summed E-state index contributed by atoms with van der Waals surface area (Å²) in [6.07, 6.45) is 0. The molecule has 1 saturated heterocycles. The van der Waals surface area contributed by atoms with Crippen molar-refractivity contribution in [2.24, 2.45) is 0 Å². The van der Waals surface area contributed by atoms with Crippen LogP contribution < -0.4 is 10.2 Å². The van der Waals surface area contributed by atoms with Gasteiger partial charge < -0.3 is 10.2 Å². The molecule has 0 spiro atoms. The molecule has 1 unspecified atom stereocenters. The van der Waals surface area contributed by atoms with Gasteiger partial charge in [0.15, 0.2) is 9.84 Å². The molecule has 1 fully saturated rings. The van der Waals surface area contributed by atoms with Crippen LogP contribution in [0.15, 0.2) is 16.6 Å². The highest BCUT2D eigenvalue weighted by molar-refractivity contribution is 9.10. The third-order valence-corrected chi connectivity index (χ3v) is 5.71. The van der Waals surface area contributed by atoms with E-state index in [0.29, 0.717) is 17.6 Å². The Bertz CT molecular complexity index is 605. The van der Waals surface area contributed by atoms with E-state index in [4.69, 9.17) is 0 Å². The average molecular weight is 335 g/mol. The third-order valence-electron chi connectivity index (χ3n) is 3.41. The molecule has 0 saturated carbocycles. The largest absolute Gasteiger partial charge is 0.381 e. The number of halogens is 2. The molecule has 0 amide bonds. The quantitative estimate of drug-likeness (QED) is 0.783. The number of nitrogens with zero attached hydrogens (tertiary/aromatic N) is 1. The number of fused-ring (bicyclic) bond motifs is 3. The van der Waals surface area contributed by atoms with Crippen molar-refractivity contribution < 1.29 is 12.8 Å². The summed E-state index contributed by atoms with van der Waals surface area (Å²) >= 11 is 3.15. The van der Waals surface area contributed by atoms with Crippen LogP contribution in [0.2, 0.25) is 0 Å². The van der Waals surface area contributed by atoms with Gasteiger partial charge >= 0.3 is 0 Å². The number of hydrogen-bond acceptors (Lipinski definition) is 4. The number of hydrogen-bond donors (Lipinski definition) is 1. The van der Waals surface area contributed by atoms with Crippen LogP contribution in [0.25, 0.3) is 0 Å². The summed E-state index contributed by atoms with van der Waals surface area (Å²) in [4.78, 5) is 1.99. The smallest absolute Gasteiger partial charge is 0.154 e. The predicted octanol–water partition coefficient (Wildman–Crippen LogP) is 1.62. The van der Waals surface area contributed by atoms with Crippen LogP contribution in [-0.2, 0) is 9.84 Å². The van der Waals surface area contributed by atoms with Crippen LogP contribution in [-0.4, -0.2) is 39.1 Å². The van der Waals surface area contributed by atoms with Crippen molar-refractivity contribution in [2.75, 3.05) is 34.8 Å². The van der Waals surface area contributed by atoms with E-state index >= 15 is 0 Å². The van der Waals surface area contributed by atoms with Gasteiger partial charge in [-0.2, -0.15) is 0 Å². The second-order valence-electron chi connectivity index (χ2n) is 4.63. The van der Waals surface area contributed by atoms with E-state index in [1.165, 1.54) is 6.07 Å². The lowest BCUT2D eigenvalue weighted by Gasteiger charge is -2.42. The van der Waals surface area contributed by atoms with E-state index in [2.05, 4.69) is 21.2 Å². The standard InChI is InChI=1S/C11H12BrFN2O2S/c12-8-3-10-11(4-9(8)13)15-1-2-18(16,17)6-7(15)5-14-10/h3-4,7,14H,1-2,5-6H2. The predicted molar refractivity (Wildman–Crippen MR) is 72.4 cm³/mol. The Hall–Kier alpha value is -0.820. The van der Waals surface area contributed by atoms with Gasteiger partial charge in [-0.15, -0.1) is 0 Å². The summed E-state index contributed by atoms with van der Waals surface area (Å²) in [5.41, 5.74) is 1.60. The van der Waals surface area contributed by atoms with Crippen molar-refractivity contribution in [1.82, 2.24) is 0 Å². The maximum absolute atomic E-state index is 13.6. The molecule has 1 aromatic rings. The lowest BCUT2D eigenvalue weighted by atomic mass is 10.1. The van der Waals surface area contributed by atoms with Crippen molar-refractivity contribution in [3.8, 4) is 0 Å². The highest BCUT2D eigenvalue weighted by Gasteiger charge is 2.35. The molecule has 7 heteroatoms. The molecule has 1 N–H and O–H groups in total. The summed E-state index contributed by atoms with van der Waals surface area (Å²) in [7, 11) is -2.96. The first-order valence-electron chi connectivity index (χ1n) is 5.66. The van der Waals surface area contributed by atoms with Gasteiger partial charge in [-0.25, -0.2) is 12.8 Å². The summed E-state index contributed by atoms with van der Waals surface area (Å²) in [5.74, 6) is -0.0535. The molecule has 0 aliphatic carbocycles. The van der Waals surface area contributed by atoms with Crippen LogP contribution in [0, 0.1) is 5.82 Å². The number of anilines is 2. The third kappa shape index (κ3) is 1.99. The Kier molecular flexibility index (Phi) is 2.78. The van der Waals surface area contributed by atoms with Gasteiger partial charge in [-0.1, -0.05) is 0 Å². The second kappa shape index (κ2) is 4.09. The van der Waals surface area contributed by atoms with Gasteiger partial charge in [0.2, 0.25) is 0 Å². The summed E-state index contributed by atoms with van der Waals surface area (Å²) in [6.45, 7) is 1.01. The average Bonchev–Trinajstić information content (AvgIpc) is 2.29. The van der Waals surface area contributed by atoms with Crippen LogP contribution in [0.1, 0.15) is 0 Å². The zero-order valence-corrected chi connectivity index (χ0v) is 11.9. The fraction of sp³-hybridized carbons (Fsp3) is 0.455. The zero-order valence-electron chi connectivity index (χ0n) is 9.49. The van der Waals surface area contributed by atoms with E-state index in [-0.39, 0.29) is 23.4 Å². The lowest BCUT2D eigenvalue weighted by molar-refractivity contribution is 0.557. The van der Waals surface area contributed by atoms with Gasteiger partial charge in [0.05, 0.1) is 33.4 Å². The second-order valence-corrected chi connectivity index (χ2v) is 7.71. The van der Waals surface area contributed by atoms with E-state index in [1.807, 2.05) is 4.90 Å². The number of sulfone groups is 1. The van der Waals surface area contributed by atoms with Gasteiger partial charge in [0, 0.05) is 19.2 Å². The minimum atomic E-state index is -2.96. The van der Waals surface area contributed by atoms with Crippen LogP contribution in [0.4, 0.5) is 15.8 Å². The Morgan fingerprint density at radius 3 is 3.00 bits per heavy atom. The fourth-order valence-electron chi connectivity index (χ4n) is 2.52. The summed E-state index contributed by atoms with van der Waals surface area (Å²) in [6, 6.07) is 3.05. The monoisotopic (exact) mass is 334 g/mol. The van der Waals surface area contributed by atoms with Gasteiger partial charge in [-0.05, 0) is 22.0 Å². The fourth-order valence-corrected chi connectivity index (χ4v) is 4.38. The van der Waals surface area contributed by atoms with Crippen LogP contribution in [0.5, 0.6) is 0 Å². The first-order chi connectivity index (χ1) is 8.46. The minimum Gasteiger partial charge on any atom is -0.381 e. The molecule has 1 atom stereocenters. The minimum absolute atomic E-state index is 0.100. The Morgan fingerprint density at radius 2 is 2.22 bits per heavy atom. The molecule has 2 heterocycles. The normalized spacial score (nSPS) is 25.0. The molecular formula is C11H12BrFN2O2S. The molecule has 0 aromatic heterocycles. The highest BCUT2D eigenvalue weighted by Crippen LogP contribution is 2.36. The summed E-state index contributed by atoms with van der Waals surface area (Å²) < 4.78 is 37.2. The molecule has 2 aliphatic rings. The number of nitrogens with one attached hydrogen (secondary N) is 1. The molecule has 1 aromatic carbocycles. The lowest BCUT2D eigenvalue weighted by Crippen LogP contribution is -2.54. The van der Waals surface area contributed by atoms with Gasteiger partial charge in [-0.3, -0.25) is 0 Å². The Balaban J connectivity index is 2.01. The van der Waals surface area contributed by atoms with Crippen molar-refractivity contribution >= 4 is 37.1 Å². The van der Waals surface area contributed by atoms with Crippen molar-refractivity contribution in [3.63, 3.8) is 0 Å². The maximum atomic E-state index is 13.6. The number of benzene rings is 1. The first-order valence-corrected chi connectivity index (χ1v) is 8.28. The molecule has 3 rings (SSSR count). The Labute approximate surface area is 113 Å². The van der Waals surface area contributed by atoms with Gasteiger partial charge in [0.25, 0.3) is 0 Å². The van der Waals surface area contributed by atoms with Gasteiger partial charge in [0.1, 0.15) is 5.82 Å². The van der Waals surface area contributed by atoms with E-state index in [0.717, 1.165) is 11.4 Å². The van der Waals surface area contributed by atoms with E-state index in [9.17, 15) is 12.8 Å². The van der Waals surface area contributed by atoms with Crippen molar-refractivity contribution in [2.45, 2.75) is 6.04 Å². The van der Waals surface area contributed by atoms with Crippen LogP contribution >= 0.6 is 15.9 Å². The highest BCUT2D eigenvalue weighted by atomic mass is 79.9. The SMILES string of the molecule is O=S1(=O)CCN2c3cc(F)c(Br)cc3NCC2C1. The molecule has 4 nitrogen and oxygen atoms in total. The van der Waals surface area contributed by atoms with Crippen LogP contribution in [0.3, 0.4) is 0 Å². The topological polar surface area (TPSA) is 49.4 Å². The van der Waals surface area contributed by atoms with Crippen molar-refractivity contribution in [1.29, 1.82) is 0 Å². The molecular weight excluding hydrogens is 323 g/mol. The molecule has 18 heavy (non-hydrogen) atoms. The van der Waals surface area contributed by atoms with E-state index in [1.54, 1.807) is 6.07 Å². The number of rotatable bonds is 0. The molecule has 0 radical (unpaired) electrons. The van der Waals surface area contributed by atoms with E-state index < -0.39 is 9.84 Å². The summed E-state index contributed by atoms with van der Waals surface area (Å²) in [5, 5.41) is 3.16. The molecule has 0 bridgehead atoms. The zero-order chi connectivity index (χ0) is 12.9. The first kappa shape index (κ1) is 12.2. The van der Waals surface area contributed by atoms with Crippen molar-refractivity contribution in [3.05, 3.63) is 22.4 Å². The Morgan fingerprint density at radius 1 is 1.44 bits per heavy atom. The molecule has 2 aliphatic heterocycles. The molecule has 98 valence electrons. The maximum Gasteiger partial charge on any atom is 0.154 e.